The number of benzene rings is 1. The molecule has 0 unspecified atom stereocenters. The fourth-order valence-electron chi connectivity index (χ4n) is 2.62. The normalized spacial score (nSPS) is 19.9. The Labute approximate surface area is 136 Å². The van der Waals surface area contributed by atoms with E-state index in [2.05, 4.69) is 0 Å². The molecule has 0 bridgehead atoms. The van der Waals surface area contributed by atoms with E-state index in [-0.39, 0.29) is 17.4 Å². The number of piperidine rings is 1. The molecule has 0 aliphatic carbocycles. The summed E-state index contributed by atoms with van der Waals surface area (Å²) < 4.78 is 32.0. The van der Waals surface area contributed by atoms with Gasteiger partial charge in [-0.2, -0.15) is 4.31 Å². The molecule has 1 atom stereocenters. The average Bonchev–Trinajstić information content (AvgIpc) is 2.50. The standard InChI is InChI=1S/C15H20ClNO4S/c1-3-21-15(18)12-6-5-9-17(10-12)22(19,20)14-8-4-7-13(16)11(14)2/h4,7-8,12H,3,5-6,9-10H2,1-2H3/t12-/m0/s1. The second kappa shape index (κ2) is 6.98. The largest absolute Gasteiger partial charge is 0.466 e. The Morgan fingerprint density at radius 3 is 2.86 bits per heavy atom. The van der Waals surface area contributed by atoms with Crippen LogP contribution in [-0.4, -0.2) is 38.4 Å². The van der Waals surface area contributed by atoms with Crippen molar-refractivity contribution in [1.82, 2.24) is 4.31 Å². The lowest BCUT2D eigenvalue weighted by Crippen LogP contribution is -2.42. The van der Waals surface area contributed by atoms with Crippen LogP contribution in [0.15, 0.2) is 23.1 Å². The summed E-state index contributed by atoms with van der Waals surface area (Å²) in [6, 6.07) is 4.83. The van der Waals surface area contributed by atoms with Crippen LogP contribution in [0.3, 0.4) is 0 Å². The molecule has 7 heteroatoms. The van der Waals surface area contributed by atoms with Crippen molar-refractivity contribution < 1.29 is 17.9 Å². The van der Waals surface area contributed by atoms with Crippen molar-refractivity contribution >= 4 is 27.6 Å². The number of rotatable bonds is 4. The predicted octanol–water partition coefficient (Wildman–Crippen LogP) is 2.61. The lowest BCUT2D eigenvalue weighted by atomic mass is 10.0. The van der Waals surface area contributed by atoms with Crippen LogP contribution in [0.25, 0.3) is 0 Å². The highest BCUT2D eigenvalue weighted by atomic mass is 35.5. The van der Waals surface area contributed by atoms with Crippen molar-refractivity contribution in [2.45, 2.75) is 31.6 Å². The summed E-state index contributed by atoms with van der Waals surface area (Å²) in [7, 11) is -3.66. The molecule has 1 fully saturated rings. The number of esters is 1. The monoisotopic (exact) mass is 345 g/mol. The molecular weight excluding hydrogens is 326 g/mol. The molecule has 1 saturated heterocycles. The first-order valence-electron chi connectivity index (χ1n) is 7.29. The van der Waals surface area contributed by atoms with Gasteiger partial charge >= 0.3 is 5.97 Å². The molecule has 22 heavy (non-hydrogen) atoms. The van der Waals surface area contributed by atoms with Gasteiger partial charge in [0.25, 0.3) is 0 Å². The molecule has 1 aromatic rings. The first-order valence-corrected chi connectivity index (χ1v) is 9.11. The SMILES string of the molecule is CCOC(=O)[C@H]1CCCN(S(=O)(=O)c2cccc(Cl)c2C)C1. The van der Waals surface area contributed by atoms with Crippen LogP contribution < -0.4 is 0 Å². The summed E-state index contributed by atoms with van der Waals surface area (Å²) in [6.07, 6.45) is 1.29. The Balaban J connectivity index is 2.26. The van der Waals surface area contributed by atoms with E-state index < -0.39 is 15.9 Å². The molecule has 0 amide bonds. The van der Waals surface area contributed by atoms with Crippen molar-refractivity contribution in [2.75, 3.05) is 19.7 Å². The highest BCUT2D eigenvalue weighted by Crippen LogP contribution is 2.29. The number of carbonyl (C=O) groups is 1. The molecule has 1 aliphatic rings. The third-order valence-corrected chi connectivity index (χ3v) is 6.26. The van der Waals surface area contributed by atoms with Crippen molar-refractivity contribution in [3.8, 4) is 0 Å². The van der Waals surface area contributed by atoms with E-state index in [0.29, 0.717) is 36.6 Å². The first-order chi connectivity index (χ1) is 10.4. The zero-order valence-electron chi connectivity index (χ0n) is 12.7. The average molecular weight is 346 g/mol. The Hall–Kier alpha value is -1.11. The molecule has 2 rings (SSSR count). The van der Waals surface area contributed by atoms with Crippen LogP contribution in [0.2, 0.25) is 5.02 Å². The van der Waals surface area contributed by atoms with Crippen molar-refractivity contribution in [3.63, 3.8) is 0 Å². The number of hydrogen-bond acceptors (Lipinski definition) is 4. The van der Waals surface area contributed by atoms with Crippen LogP contribution in [0.1, 0.15) is 25.3 Å². The fraction of sp³-hybridized carbons (Fsp3) is 0.533. The molecule has 0 aromatic heterocycles. The first kappa shape index (κ1) is 17.2. The zero-order valence-corrected chi connectivity index (χ0v) is 14.3. The molecule has 0 saturated carbocycles. The van der Waals surface area contributed by atoms with E-state index in [1.54, 1.807) is 32.0 Å². The minimum absolute atomic E-state index is 0.160. The minimum Gasteiger partial charge on any atom is -0.466 e. The van der Waals surface area contributed by atoms with Gasteiger partial charge in [0, 0.05) is 18.1 Å². The summed E-state index contributed by atoms with van der Waals surface area (Å²) in [5, 5.41) is 0.417. The summed E-state index contributed by atoms with van der Waals surface area (Å²) in [5.41, 5.74) is 0.530. The van der Waals surface area contributed by atoms with Gasteiger partial charge in [0.1, 0.15) is 0 Å². The van der Waals surface area contributed by atoms with Gasteiger partial charge in [0.15, 0.2) is 0 Å². The number of nitrogens with zero attached hydrogens (tertiary/aromatic N) is 1. The Morgan fingerprint density at radius 2 is 2.18 bits per heavy atom. The van der Waals surface area contributed by atoms with Crippen molar-refractivity contribution in [3.05, 3.63) is 28.8 Å². The highest BCUT2D eigenvalue weighted by Gasteiger charge is 2.34. The Kier molecular flexibility index (Phi) is 5.47. The zero-order chi connectivity index (χ0) is 16.3. The molecule has 122 valence electrons. The predicted molar refractivity (Wildman–Crippen MR) is 84.3 cm³/mol. The van der Waals surface area contributed by atoms with Gasteiger partial charge in [-0.05, 0) is 44.4 Å². The van der Waals surface area contributed by atoms with Crippen LogP contribution in [0.4, 0.5) is 0 Å². The van der Waals surface area contributed by atoms with Gasteiger partial charge in [-0.1, -0.05) is 17.7 Å². The molecule has 0 spiro atoms. The third kappa shape index (κ3) is 3.45. The third-order valence-electron chi connectivity index (χ3n) is 3.84. The van der Waals surface area contributed by atoms with Gasteiger partial charge < -0.3 is 4.74 Å². The fourth-order valence-corrected chi connectivity index (χ4v) is 4.62. The topological polar surface area (TPSA) is 63.7 Å². The summed E-state index contributed by atoms with van der Waals surface area (Å²) in [5.74, 6) is -0.729. The van der Waals surface area contributed by atoms with E-state index in [4.69, 9.17) is 16.3 Å². The Bertz CT molecular complexity index is 660. The van der Waals surface area contributed by atoms with Crippen molar-refractivity contribution in [2.24, 2.45) is 5.92 Å². The molecule has 1 heterocycles. The summed E-state index contributed by atoms with van der Waals surface area (Å²) in [6.45, 7) is 4.29. The van der Waals surface area contributed by atoms with Crippen LogP contribution in [0, 0.1) is 12.8 Å². The van der Waals surface area contributed by atoms with Crippen LogP contribution in [-0.2, 0) is 19.6 Å². The highest BCUT2D eigenvalue weighted by molar-refractivity contribution is 7.89. The van der Waals surface area contributed by atoms with Gasteiger partial charge in [-0.25, -0.2) is 8.42 Å². The van der Waals surface area contributed by atoms with Gasteiger partial charge in [-0.15, -0.1) is 0 Å². The molecular formula is C15H20ClNO4S. The lowest BCUT2D eigenvalue weighted by Gasteiger charge is -2.31. The van der Waals surface area contributed by atoms with E-state index in [0.717, 1.165) is 0 Å². The number of ether oxygens (including phenoxy) is 1. The van der Waals surface area contributed by atoms with E-state index in [1.807, 2.05) is 0 Å². The quantitative estimate of drug-likeness (QED) is 0.787. The number of carbonyl (C=O) groups excluding carboxylic acids is 1. The van der Waals surface area contributed by atoms with Crippen LogP contribution in [0.5, 0.6) is 0 Å². The summed E-state index contributed by atoms with van der Waals surface area (Å²) in [4.78, 5) is 12.1. The van der Waals surface area contributed by atoms with Gasteiger partial charge in [-0.3, -0.25) is 4.79 Å². The van der Waals surface area contributed by atoms with E-state index >= 15 is 0 Å². The molecule has 1 aromatic carbocycles. The smallest absolute Gasteiger partial charge is 0.310 e. The molecule has 0 radical (unpaired) electrons. The minimum atomic E-state index is -3.66. The number of sulfonamides is 1. The van der Waals surface area contributed by atoms with E-state index in [1.165, 1.54) is 4.31 Å². The van der Waals surface area contributed by atoms with Gasteiger partial charge in [0.05, 0.1) is 17.4 Å². The van der Waals surface area contributed by atoms with Gasteiger partial charge in [0.2, 0.25) is 10.0 Å². The molecule has 1 aliphatic heterocycles. The molecule has 5 nitrogen and oxygen atoms in total. The summed E-state index contributed by atoms with van der Waals surface area (Å²) >= 11 is 6.02. The second-order valence-corrected chi connectivity index (χ2v) is 7.63. The van der Waals surface area contributed by atoms with E-state index in [9.17, 15) is 13.2 Å². The maximum absolute atomic E-state index is 12.8. The number of halogens is 1. The lowest BCUT2D eigenvalue weighted by molar-refractivity contribution is -0.149. The maximum Gasteiger partial charge on any atom is 0.310 e. The molecule has 0 N–H and O–H groups in total. The van der Waals surface area contributed by atoms with Crippen molar-refractivity contribution in [1.29, 1.82) is 0 Å². The van der Waals surface area contributed by atoms with Crippen LogP contribution >= 0.6 is 11.6 Å². The maximum atomic E-state index is 12.8. The number of hydrogen-bond donors (Lipinski definition) is 0. The Morgan fingerprint density at radius 1 is 1.45 bits per heavy atom. The second-order valence-electron chi connectivity index (χ2n) is 5.32.